The molecular formula is C11H22N2O4S. The average Bonchev–Trinajstić information content (AvgIpc) is 2.74. The molecule has 2 N–H and O–H groups in total. The number of aliphatic hydroxyl groups is 1. The lowest BCUT2D eigenvalue weighted by Crippen LogP contribution is -2.48. The summed E-state index contributed by atoms with van der Waals surface area (Å²) in [5.74, 6) is -0.278. The summed E-state index contributed by atoms with van der Waals surface area (Å²) in [6.07, 6.45) is 2.38. The second-order valence-corrected chi connectivity index (χ2v) is 7.51. The maximum absolute atomic E-state index is 12.0. The van der Waals surface area contributed by atoms with Crippen LogP contribution in [0.4, 0.5) is 0 Å². The van der Waals surface area contributed by atoms with E-state index in [-0.39, 0.29) is 12.5 Å². The van der Waals surface area contributed by atoms with Gasteiger partial charge in [-0.05, 0) is 12.8 Å². The Labute approximate surface area is 108 Å². The molecule has 1 heterocycles. The highest BCUT2D eigenvalue weighted by atomic mass is 32.2. The largest absolute Gasteiger partial charge is 0.396 e. The highest BCUT2D eigenvalue weighted by molar-refractivity contribution is 7.88. The summed E-state index contributed by atoms with van der Waals surface area (Å²) in [6, 6.07) is -0.602. The summed E-state index contributed by atoms with van der Waals surface area (Å²) in [4.78, 5) is 12.0. The van der Waals surface area contributed by atoms with Crippen LogP contribution in [0.15, 0.2) is 0 Å². The predicted octanol–water partition coefficient (Wildman–Crippen LogP) is -0.455. The zero-order valence-electron chi connectivity index (χ0n) is 11.1. The van der Waals surface area contributed by atoms with E-state index in [1.165, 1.54) is 4.31 Å². The molecule has 18 heavy (non-hydrogen) atoms. The Hall–Kier alpha value is -0.660. The van der Waals surface area contributed by atoms with Crippen LogP contribution < -0.4 is 5.32 Å². The van der Waals surface area contributed by atoms with Gasteiger partial charge in [0.05, 0.1) is 6.26 Å². The van der Waals surface area contributed by atoms with Crippen molar-refractivity contribution in [3.63, 3.8) is 0 Å². The van der Waals surface area contributed by atoms with Crippen LogP contribution in [0.2, 0.25) is 0 Å². The van der Waals surface area contributed by atoms with Gasteiger partial charge in [0.1, 0.15) is 6.04 Å². The first-order valence-electron chi connectivity index (χ1n) is 6.03. The molecule has 0 aromatic rings. The van der Waals surface area contributed by atoms with E-state index < -0.39 is 21.5 Å². The number of amides is 1. The van der Waals surface area contributed by atoms with Crippen molar-refractivity contribution in [1.29, 1.82) is 0 Å². The Balaban J connectivity index is 2.62. The molecule has 0 bridgehead atoms. The van der Waals surface area contributed by atoms with Crippen molar-refractivity contribution >= 4 is 15.9 Å². The Morgan fingerprint density at radius 1 is 1.50 bits per heavy atom. The van der Waals surface area contributed by atoms with Crippen molar-refractivity contribution in [2.45, 2.75) is 32.7 Å². The smallest absolute Gasteiger partial charge is 0.238 e. The minimum atomic E-state index is -3.33. The van der Waals surface area contributed by atoms with E-state index in [4.69, 9.17) is 5.11 Å². The molecule has 1 aliphatic rings. The van der Waals surface area contributed by atoms with Gasteiger partial charge in [-0.25, -0.2) is 8.42 Å². The van der Waals surface area contributed by atoms with Crippen LogP contribution in [0, 0.1) is 5.41 Å². The Bertz CT molecular complexity index is 405. The molecule has 0 spiro atoms. The zero-order valence-corrected chi connectivity index (χ0v) is 12.0. The van der Waals surface area contributed by atoms with E-state index in [0.717, 1.165) is 6.26 Å². The zero-order chi connectivity index (χ0) is 14.0. The fourth-order valence-corrected chi connectivity index (χ4v) is 3.02. The molecule has 1 saturated heterocycles. The quantitative estimate of drug-likeness (QED) is 0.713. The van der Waals surface area contributed by atoms with Gasteiger partial charge < -0.3 is 10.4 Å². The molecule has 106 valence electrons. The normalized spacial score (nSPS) is 22.1. The summed E-state index contributed by atoms with van der Waals surface area (Å²) in [5, 5.41) is 11.8. The summed E-state index contributed by atoms with van der Waals surface area (Å²) in [7, 11) is -3.33. The molecule has 1 amide bonds. The van der Waals surface area contributed by atoms with Gasteiger partial charge in [0, 0.05) is 25.1 Å². The number of carbonyl (C=O) groups excluding carboxylic acids is 1. The summed E-state index contributed by atoms with van der Waals surface area (Å²) in [5.41, 5.74) is -0.399. The molecule has 0 aromatic heterocycles. The van der Waals surface area contributed by atoms with Gasteiger partial charge in [0.25, 0.3) is 0 Å². The molecule has 0 radical (unpaired) electrons. The lowest BCUT2D eigenvalue weighted by molar-refractivity contribution is -0.124. The average molecular weight is 278 g/mol. The fraction of sp³-hybridized carbons (Fsp3) is 0.909. The molecule has 1 rings (SSSR count). The van der Waals surface area contributed by atoms with E-state index in [2.05, 4.69) is 5.32 Å². The van der Waals surface area contributed by atoms with Gasteiger partial charge in [-0.3, -0.25) is 4.79 Å². The van der Waals surface area contributed by atoms with Gasteiger partial charge >= 0.3 is 0 Å². The Morgan fingerprint density at radius 3 is 2.61 bits per heavy atom. The first-order chi connectivity index (χ1) is 8.17. The first kappa shape index (κ1) is 15.4. The Kier molecular flexibility index (Phi) is 4.74. The van der Waals surface area contributed by atoms with Crippen LogP contribution in [-0.2, 0) is 14.8 Å². The summed E-state index contributed by atoms with van der Waals surface area (Å²) < 4.78 is 24.3. The molecule has 0 saturated carbocycles. The number of hydrogen-bond donors (Lipinski definition) is 2. The number of nitrogens with zero attached hydrogens (tertiary/aromatic N) is 1. The number of rotatable bonds is 5. The van der Waals surface area contributed by atoms with Crippen LogP contribution >= 0.6 is 0 Å². The van der Waals surface area contributed by atoms with Crippen LogP contribution in [0.3, 0.4) is 0 Å². The first-order valence-corrected chi connectivity index (χ1v) is 7.87. The second-order valence-electron chi connectivity index (χ2n) is 5.57. The van der Waals surface area contributed by atoms with Gasteiger partial charge in [-0.15, -0.1) is 0 Å². The molecule has 7 heteroatoms. The molecule has 0 aromatic carbocycles. The molecule has 1 fully saturated rings. The summed E-state index contributed by atoms with van der Waals surface area (Å²) in [6.45, 7) is 4.36. The van der Waals surface area contributed by atoms with Crippen molar-refractivity contribution in [1.82, 2.24) is 9.62 Å². The second kappa shape index (κ2) is 5.54. The standard InChI is InChI=1S/C11H22N2O4S/c1-11(2,8-14)7-12-10(15)9-5-4-6-13(9)18(3,16)17/h9,14H,4-8H2,1-3H3,(H,12,15). The van der Waals surface area contributed by atoms with Crippen molar-refractivity contribution < 1.29 is 18.3 Å². The van der Waals surface area contributed by atoms with E-state index in [9.17, 15) is 13.2 Å². The van der Waals surface area contributed by atoms with Gasteiger partial charge in [0.2, 0.25) is 15.9 Å². The molecular weight excluding hydrogens is 256 g/mol. The van der Waals surface area contributed by atoms with Crippen LogP contribution in [0.25, 0.3) is 0 Å². The molecule has 0 aliphatic carbocycles. The van der Waals surface area contributed by atoms with Crippen LogP contribution in [-0.4, -0.2) is 55.7 Å². The SMILES string of the molecule is CC(C)(CO)CNC(=O)C1CCCN1S(C)(=O)=O. The van der Waals surface area contributed by atoms with Gasteiger partial charge in [-0.1, -0.05) is 13.8 Å². The lowest BCUT2D eigenvalue weighted by Gasteiger charge is -2.25. The van der Waals surface area contributed by atoms with Crippen molar-refractivity contribution in [2.75, 3.05) is 26.0 Å². The topological polar surface area (TPSA) is 86.7 Å². The number of nitrogens with one attached hydrogen (secondary N) is 1. The third kappa shape index (κ3) is 3.93. The molecule has 1 atom stereocenters. The highest BCUT2D eigenvalue weighted by Gasteiger charge is 2.36. The van der Waals surface area contributed by atoms with E-state index >= 15 is 0 Å². The number of sulfonamides is 1. The third-order valence-corrected chi connectivity index (χ3v) is 4.39. The van der Waals surface area contributed by atoms with Crippen molar-refractivity contribution in [3.05, 3.63) is 0 Å². The number of aliphatic hydroxyl groups excluding tert-OH is 1. The van der Waals surface area contributed by atoms with Crippen LogP contribution in [0.5, 0.6) is 0 Å². The van der Waals surface area contributed by atoms with E-state index in [1.807, 2.05) is 13.8 Å². The van der Waals surface area contributed by atoms with Gasteiger partial charge in [-0.2, -0.15) is 4.31 Å². The van der Waals surface area contributed by atoms with Crippen molar-refractivity contribution in [3.8, 4) is 0 Å². The predicted molar refractivity (Wildman–Crippen MR) is 68.4 cm³/mol. The lowest BCUT2D eigenvalue weighted by atomic mass is 9.95. The molecule has 6 nitrogen and oxygen atoms in total. The number of hydrogen-bond acceptors (Lipinski definition) is 4. The van der Waals surface area contributed by atoms with Crippen molar-refractivity contribution in [2.24, 2.45) is 5.41 Å². The minimum absolute atomic E-state index is 0.0340. The maximum atomic E-state index is 12.0. The fourth-order valence-electron chi connectivity index (χ4n) is 1.90. The summed E-state index contributed by atoms with van der Waals surface area (Å²) >= 11 is 0. The number of carbonyl (C=O) groups is 1. The third-order valence-electron chi connectivity index (χ3n) is 3.10. The monoisotopic (exact) mass is 278 g/mol. The molecule has 1 unspecified atom stereocenters. The van der Waals surface area contributed by atoms with E-state index in [1.54, 1.807) is 0 Å². The maximum Gasteiger partial charge on any atom is 0.238 e. The van der Waals surface area contributed by atoms with Gasteiger partial charge in [0.15, 0.2) is 0 Å². The Morgan fingerprint density at radius 2 is 2.11 bits per heavy atom. The highest BCUT2D eigenvalue weighted by Crippen LogP contribution is 2.21. The molecule has 1 aliphatic heterocycles. The van der Waals surface area contributed by atoms with Crippen LogP contribution in [0.1, 0.15) is 26.7 Å². The van der Waals surface area contributed by atoms with E-state index in [0.29, 0.717) is 25.9 Å². The minimum Gasteiger partial charge on any atom is -0.396 e.